The molecule has 0 bridgehead atoms. The minimum atomic E-state index is -0.446. The zero-order chi connectivity index (χ0) is 16.9. The molecule has 1 fully saturated rings. The number of amides is 1. The maximum absolute atomic E-state index is 11.9. The predicted octanol–water partition coefficient (Wildman–Crippen LogP) is 2.62. The van der Waals surface area contributed by atoms with Gasteiger partial charge in [-0.05, 0) is 58.9 Å². The zero-order valence-corrected chi connectivity index (χ0v) is 14.8. The van der Waals surface area contributed by atoms with Crippen LogP contribution in [0.5, 0.6) is 0 Å². The molecule has 0 saturated heterocycles. The number of hydrogen-bond acceptors (Lipinski definition) is 4. The van der Waals surface area contributed by atoms with E-state index < -0.39 is 5.60 Å². The third kappa shape index (κ3) is 6.60. The van der Waals surface area contributed by atoms with Gasteiger partial charge in [0.05, 0.1) is 12.7 Å². The molecule has 1 aromatic rings. The van der Waals surface area contributed by atoms with Crippen molar-refractivity contribution in [2.45, 2.75) is 77.6 Å². The lowest BCUT2D eigenvalue weighted by atomic mass is 9.91. The van der Waals surface area contributed by atoms with Crippen LogP contribution in [-0.4, -0.2) is 40.1 Å². The minimum Gasteiger partial charge on any atom is -0.444 e. The number of hydrogen-bond donors (Lipinski definition) is 2. The smallest absolute Gasteiger partial charge is 0.407 e. The summed E-state index contributed by atoms with van der Waals surface area (Å²) in [4.78, 5) is 11.9. The first-order chi connectivity index (χ1) is 10.8. The molecule has 1 aromatic heterocycles. The standard InChI is InChI=1S/C17H30N4O2/c1-13-11-19-21(12-13)9-8-18-14-6-5-7-15(10-14)20-16(22)23-17(2,3)4/h11-12,14-15,18H,5-10H2,1-4H3,(H,20,22). The molecule has 23 heavy (non-hydrogen) atoms. The van der Waals surface area contributed by atoms with Crippen molar-refractivity contribution in [1.29, 1.82) is 0 Å². The van der Waals surface area contributed by atoms with Gasteiger partial charge in [-0.3, -0.25) is 4.68 Å². The van der Waals surface area contributed by atoms with E-state index in [0.29, 0.717) is 6.04 Å². The summed E-state index contributed by atoms with van der Waals surface area (Å²) in [6, 6.07) is 0.642. The third-order valence-electron chi connectivity index (χ3n) is 3.93. The summed E-state index contributed by atoms with van der Waals surface area (Å²) in [5.74, 6) is 0. The molecule has 2 atom stereocenters. The summed E-state index contributed by atoms with van der Waals surface area (Å²) in [5.41, 5.74) is 0.738. The fourth-order valence-electron chi connectivity index (χ4n) is 2.95. The van der Waals surface area contributed by atoms with Crippen molar-refractivity contribution < 1.29 is 9.53 Å². The van der Waals surface area contributed by atoms with E-state index in [9.17, 15) is 4.79 Å². The molecule has 1 amide bonds. The first-order valence-electron chi connectivity index (χ1n) is 8.54. The monoisotopic (exact) mass is 322 g/mol. The molecule has 1 aliphatic carbocycles. The molecule has 0 spiro atoms. The van der Waals surface area contributed by atoms with Crippen molar-refractivity contribution in [1.82, 2.24) is 20.4 Å². The molecule has 0 aliphatic heterocycles. The summed E-state index contributed by atoms with van der Waals surface area (Å²) in [6.45, 7) is 9.46. The van der Waals surface area contributed by atoms with Gasteiger partial charge in [0, 0.05) is 24.8 Å². The van der Waals surface area contributed by atoms with E-state index in [1.807, 2.05) is 38.6 Å². The van der Waals surface area contributed by atoms with Crippen LogP contribution in [0.25, 0.3) is 0 Å². The van der Waals surface area contributed by atoms with Crippen LogP contribution >= 0.6 is 0 Å². The lowest BCUT2D eigenvalue weighted by molar-refractivity contribution is 0.0488. The molecular weight excluding hydrogens is 292 g/mol. The summed E-state index contributed by atoms with van der Waals surface area (Å²) in [5, 5.41) is 10.9. The molecule has 130 valence electrons. The molecule has 6 heteroatoms. The normalized spacial score (nSPS) is 21.9. The Morgan fingerprint density at radius 3 is 2.78 bits per heavy atom. The molecule has 6 nitrogen and oxygen atoms in total. The molecule has 1 aliphatic rings. The van der Waals surface area contributed by atoms with Crippen LogP contribution < -0.4 is 10.6 Å². The van der Waals surface area contributed by atoms with Gasteiger partial charge in [0.15, 0.2) is 0 Å². The second kappa shape index (κ2) is 7.81. The van der Waals surface area contributed by atoms with Crippen LogP contribution in [0.4, 0.5) is 4.79 Å². The number of nitrogens with zero attached hydrogens (tertiary/aromatic N) is 2. The molecule has 2 N–H and O–H groups in total. The third-order valence-corrected chi connectivity index (χ3v) is 3.93. The molecule has 0 aromatic carbocycles. The highest BCUT2D eigenvalue weighted by Gasteiger charge is 2.25. The maximum Gasteiger partial charge on any atom is 0.407 e. The fourth-order valence-corrected chi connectivity index (χ4v) is 2.95. The van der Waals surface area contributed by atoms with Gasteiger partial charge in [0.25, 0.3) is 0 Å². The van der Waals surface area contributed by atoms with E-state index in [2.05, 4.69) is 21.9 Å². The average Bonchev–Trinajstić information content (AvgIpc) is 2.82. The van der Waals surface area contributed by atoms with Crippen molar-refractivity contribution in [3.8, 4) is 0 Å². The van der Waals surface area contributed by atoms with Crippen LogP contribution in [0.1, 0.15) is 52.0 Å². The Kier molecular flexibility index (Phi) is 6.04. The number of carbonyl (C=O) groups excluding carboxylic acids is 1. The first-order valence-corrected chi connectivity index (χ1v) is 8.54. The SMILES string of the molecule is Cc1cnn(CCNC2CCCC(NC(=O)OC(C)(C)C)C2)c1. The second-order valence-corrected chi connectivity index (χ2v) is 7.44. The van der Waals surface area contributed by atoms with Crippen molar-refractivity contribution in [2.24, 2.45) is 0 Å². The van der Waals surface area contributed by atoms with Gasteiger partial charge in [-0.15, -0.1) is 0 Å². The van der Waals surface area contributed by atoms with E-state index >= 15 is 0 Å². The Labute approximate surface area is 139 Å². The first kappa shape index (κ1) is 17.8. The number of ether oxygens (including phenoxy) is 1. The summed E-state index contributed by atoms with van der Waals surface area (Å²) >= 11 is 0. The van der Waals surface area contributed by atoms with Crippen LogP contribution in [0, 0.1) is 6.92 Å². The average molecular weight is 322 g/mol. The number of carbonyl (C=O) groups is 1. The summed E-state index contributed by atoms with van der Waals surface area (Å²) in [7, 11) is 0. The number of nitrogens with one attached hydrogen (secondary N) is 2. The summed E-state index contributed by atoms with van der Waals surface area (Å²) < 4.78 is 7.29. The van der Waals surface area contributed by atoms with Crippen molar-refractivity contribution in [3.05, 3.63) is 18.0 Å². The lowest BCUT2D eigenvalue weighted by Crippen LogP contribution is -2.46. The Bertz CT molecular complexity index is 507. The number of aromatic nitrogens is 2. The van der Waals surface area contributed by atoms with Gasteiger partial charge in [0.2, 0.25) is 0 Å². The highest BCUT2D eigenvalue weighted by molar-refractivity contribution is 5.68. The van der Waals surface area contributed by atoms with Gasteiger partial charge in [-0.25, -0.2) is 4.79 Å². The number of alkyl carbamates (subject to hydrolysis) is 1. The Hall–Kier alpha value is -1.56. The molecule has 1 heterocycles. The van der Waals surface area contributed by atoms with Crippen LogP contribution in [0.15, 0.2) is 12.4 Å². The predicted molar refractivity (Wildman–Crippen MR) is 90.4 cm³/mol. The summed E-state index contributed by atoms with van der Waals surface area (Å²) in [6.07, 6.45) is 7.88. The Morgan fingerprint density at radius 1 is 1.39 bits per heavy atom. The second-order valence-electron chi connectivity index (χ2n) is 7.44. The topological polar surface area (TPSA) is 68.2 Å². The maximum atomic E-state index is 11.9. The molecular formula is C17H30N4O2. The minimum absolute atomic E-state index is 0.197. The van der Waals surface area contributed by atoms with E-state index in [0.717, 1.165) is 38.8 Å². The molecule has 0 radical (unpaired) electrons. The van der Waals surface area contributed by atoms with Gasteiger partial charge in [-0.1, -0.05) is 0 Å². The highest BCUT2D eigenvalue weighted by atomic mass is 16.6. The molecule has 2 rings (SSSR count). The zero-order valence-electron chi connectivity index (χ0n) is 14.8. The Balaban J connectivity index is 1.69. The highest BCUT2D eigenvalue weighted by Crippen LogP contribution is 2.19. The molecule has 2 unspecified atom stereocenters. The van der Waals surface area contributed by atoms with E-state index in [4.69, 9.17) is 4.74 Å². The Morgan fingerprint density at radius 2 is 2.13 bits per heavy atom. The van der Waals surface area contributed by atoms with E-state index in [1.54, 1.807) is 0 Å². The molecule has 1 saturated carbocycles. The van der Waals surface area contributed by atoms with Crippen LogP contribution in [0.2, 0.25) is 0 Å². The van der Waals surface area contributed by atoms with Crippen molar-refractivity contribution >= 4 is 6.09 Å². The van der Waals surface area contributed by atoms with Gasteiger partial charge in [0.1, 0.15) is 5.60 Å². The van der Waals surface area contributed by atoms with E-state index in [1.165, 1.54) is 5.56 Å². The van der Waals surface area contributed by atoms with Crippen LogP contribution in [0.3, 0.4) is 0 Å². The van der Waals surface area contributed by atoms with Crippen molar-refractivity contribution in [2.75, 3.05) is 6.54 Å². The number of aryl methyl sites for hydroxylation is 1. The van der Waals surface area contributed by atoms with Gasteiger partial charge >= 0.3 is 6.09 Å². The largest absolute Gasteiger partial charge is 0.444 e. The van der Waals surface area contributed by atoms with Crippen molar-refractivity contribution in [3.63, 3.8) is 0 Å². The lowest BCUT2D eigenvalue weighted by Gasteiger charge is -2.31. The van der Waals surface area contributed by atoms with Gasteiger partial charge < -0.3 is 15.4 Å². The van der Waals surface area contributed by atoms with Gasteiger partial charge in [-0.2, -0.15) is 5.10 Å². The fraction of sp³-hybridized carbons (Fsp3) is 0.765. The number of rotatable bonds is 5. The van der Waals surface area contributed by atoms with Crippen LogP contribution in [-0.2, 0) is 11.3 Å². The van der Waals surface area contributed by atoms with E-state index in [-0.39, 0.29) is 12.1 Å². The quantitative estimate of drug-likeness (QED) is 0.874.